The van der Waals surface area contributed by atoms with Gasteiger partial charge in [0.05, 0.1) is 12.5 Å². The fourth-order valence-corrected chi connectivity index (χ4v) is 7.38. The van der Waals surface area contributed by atoms with Crippen LogP contribution in [-0.2, 0) is 19.1 Å². The maximum Gasteiger partial charge on any atom is 0.249 e. The lowest BCUT2D eigenvalue weighted by molar-refractivity contribution is -0.139. The average Bonchev–Trinajstić information content (AvgIpc) is 3.65. The zero-order valence-electron chi connectivity index (χ0n) is 22.9. The first-order valence-electron chi connectivity index (χ1n) is 14.6. The standard InChI is InChI=1S/C30H43N3O5/c1-3-13-32-14-11-19(12-15-32)21-9-10-22(29(31)35)23(16-21)26(20-7-5-6-8-20)30(36)33-17-25(37-4-2)28-27(33)24(34)18-38-28/h9-10,16,19-20,25-28H,3-8,11-15,17-18H2,1-2H3,(H2,31,35)/t25-,26-,27+,28+/m0/s1. The van der Waals surface area contributed by atoms with E-state index in [9.17, 15) is 14.4 Å². The zero-order chi connectivity index (χ0) is 26.8. The van der Waals surface area contributed by atoms with Crippen LogP contribution in [0.1, 0.15) is 92.1 Å². The molecule has 0 bridgehead atoms. The lowest BCUT2D eigenvalue weighted by Crippen LogP contribution is -2.45. The van der Waals surface area contributed by atoms with Crippen molar-refractivity contribution >= 4 is 17.6 Å². The van der Waals surface area contributed by atoms with Gasteiger partial charge in [0, 0.05) is 12.2 Å². The highest BCUT2D eigenvalue weighted by Gasteiger charge is 2.54. The first-order valence-corrected chi connectivity index (χ1v) is 14.6. The number of fused-ring (bicyclic) bond motifs is 1. The van der Waals surface area contributed by atoms with E-state index in [1.165, 1.54) is 5.56 Å². The number of piperidine rings is 1. The molecule has 3 saturated heterocycles. The van der Waals surface area contributed by atoms with E-state index in [-0.39, 0.29) is 30.3 Å². The molecule has 208 valence electrons. The van der Waals surface area contributed by atoms with Crippen LogP contribution in [0.25, 0.3) is 0 Å². The van der Waals surface area contributed by atoms with E-state index < -0.39 is 24.0 Å². The van der Waals surface area contributed by atoms with E-state index in [1.54, 1.807) is 4.90 Å². The maximum absolute atomic E-state index is 14.5. The molecule has 8 nitrogen and oxygen atoms in total. The van der Waals surface area contributed by atoms with Crippen LogP contribution in [-0.4, -0.2) is 85.0 Å². The van der Waals surface area contributed by atoms with Gasteiger partial charge in [-0.3, -0.25) is 14.4 Å². The van der Waals surface area contributed by atoms with Crippen LogP contribution in [0, 0.1) is 5.92 Å². The summed E-state index contributed by atoms with van der Waals surface area (Å²) < 4.78 is 11.7. The summed E-state index contributed by atoms with van der Waals surface area (Å²) in [4.78, 5) is 44.2. The van der Waals surface area contributed by atoms with Gasteiger partial charge < -0.3 is 25.0 Å². The average molecular weight is 526 g/mol. The maximum atomic E-state index is 14.5. The molecule has 8 heteroatoms. The first kappa shape index (κ1) is 27.3. The van der Waals surface area contributed by atoms with Crippen LogP contribution in [0.15, 0.2) is 18.2 Å². The lowest BCUT2D eigenvalue weighted by Gasteiger charge is -2.34. The Kier molecular flexibility index (Phi) is 8.50. The fraction of sp³-hybridized carbons (Fsp3) is 0.700. The first-order chi connectivity index (χ1) is 18.4. The van der Waals surface area contributed by atoms with Crippen LogP contribution >= 0.6 is 0 Å². The molecule has 2 amide bonds. The molecular formula is C30H43N3O5. The summed E-state index contributed by atoms with van der Waals surface area (Å²) in [5.41, 5.74) is 8.24. The van der Waals surface area contributed by atoms with Crippen LogP contribution in [0.2, 0.25) is 0 Å². The number of ketones is 1. The molecule has 1 saturated carbocycles. The monoisotopic (exact) mass is 525 g/mol. The Hall–Kier alpha value is -2.29. The number of Topliss-reactive ketones (excluding diaryl/α,β-unsaturated/α-hetero) is 1. The molecule has 0 spiro atoms. The van der Waals surface area contributed by atoms with Crippen molar-refractivity contribution in [1.29, 1.82) is 0 Å². The highest BCUT2D eigenvalue weighted by molar-refractivity contribution is 5.99. The Morgan fingerprint density at radius 2 is 1.87 bits per heavy atom. The van der Waals surface area contributed by atoms with Gasteiger partial charge in [-0.2, -0.15) is 0 Å². The molecular weight excluding hydrogens is 482 g/mol. The van der Waals surface area contributed by atoms with Crippen molar-refractivity contribution in [3.63, 3.8) is 0 Å². The molecule has 4 fully saturated rings. The second-order valence-electron chi connectivity index (χ2n) is 11.5. The van der Waals surface area contributed by atoms with Gasteiger partial charge in [0.25, 0.3) is 0 Å². The van der Waals surface area contributed by atoms with Gasteiger partial charge >= 0.3 is 0 Å². The van der Waals surface area contributed by atoms with Gasteiger partial charge in [0.15, 0.2) is 5.78 Å². The van der Waals surface area contributed by atoms with Gasteiger partial charge in [-0.05, 0) is 87.7 Å². The predicted molar refractivity (Wildman–Crippen MR) is 144 cm³/mol. The minimum atomic E-state index is -0.619. The molecule has 1 aliphatic carbocycles. The summed E-state index contributed by atoms with van der Waals surface area (Å²) in [5.74, 6) is -0.666. The smallest absolute Gasteiger partial charge is 0.249 e. The van der Waals surface area contributed by atoms with E-state index in [4.69, 9.17) is 15.2 Å². The largest absolute Gasteiger partial charge is 0.374 e. The van der Waals surface area contributed by atoms with E-state index in [2.05, 4.69) is 17.9 Å². The van der Waals surface area contributed by atoms with Gasteiger partial charge in [0.1, 0.15) is 24.9 Å². The van der Waals surface area contributed by atoms with Crippen LogP contribution in [0.5, 0.6) is 0 Å². The number of benzene rings is 1. The summed E-state index contributed by atoms with van der Waals surface area (Å²) in [6.07, 6.45) is 6.52. The molecule has 0 aromatic heterocycles. The summed E-state index contributed by atoms with van der Waals surface area (Å²) >= 11 is 0. The number of hydrogen-bond donors (Lipinski definition) is 1. The topological polar surface area (TPSA) is 102 Å². The van der Waals surface area contributed by atoms with Gasteiger partial charge in [-0.1, -0.05) is 31.9 Å². The van der Waals surface area contributed by atoms with Crippen molar-refractivity contribution in [2.24, 2.45) is 11.7 Å². The number of amides is 2. The third kappa shape index (κ3) is 5.27. The molecule has 2 N–H and O–H groups in total. The number of likely N-dealkylation sites (tertiary alicyclic amines) is 2. The fourth-order valence-electron chi connectivity index (χ4n) is 7.38. The number of nitrogens with two attached hydrogens (primary N) is 1. The molecule has 4 aliphatic rings. The number of carbonyl (C=O) groups excluding carboxylic acids is 3. The number of nitrogens with zero attached hydrogens (tertiary/aromatic N) is 2. The third-order valence-electron chi connectivity index (χ3n) is 9.21. The highest BCUT2D eigenvalue weighted by Crippen LogP contribution is 2.43. The minimum absolute atomic E-state index is 0.00946. The SMILES string of the molecule is CCCN1CCC(c2ccc(C(N)=O)c([C@@H](C(=O)N3C[C@H](OCC)[C@H]4OCC(=O)[C@H]43)C3CCCC3)c2)CC1. The molecule has 38 heavy (non-hydrogen) atoms. The molecule has 1 aromatic carbocycles. The molecule has 5 rings (SSSR count). The summed E-state index contributed by atoms with van der Waals surface area (Å²) in [6.45, 7) is 8.21. The number of primary amides is 1. The molecule has 0 unspecified atom stereocenters. The van der Waals surface area contributed by atoms with Gasteiger partial charge in [-0.15, -0.1) is 0 Å². The normalized spacial score (nSPS) is 27.7. The second-order valence-corrected chi connectivity index (χ2v) is 11.5. The van der Waals surface area contributed by atoms with Crippen molar-refractivity contribution in [1.82, 2.24) is 9.80 Å². The Labute approximate surface area is 226 Å². The second kappa shape index (κ2) is 11.8. The van der Waals surface area contributed by atoms with Crippen molar-refractivity contribution in [3.8, 4) is 0 Å². The van der Waals surface area contributed by atoms with Crippen molar-refractivity contribution < 1.29 is 23.9 Å². The molecule has 1 aromatic rings. The van der Waals surface area contributed by atoms with Crippen LogP contribution in [0.4, 0.5) is 0 Å². The molecule has 4 atom stereocenters. The Bertz CT molecular complexity index is 1030. The van der Waals surface area contributed by atoms with Crippen molar-refractivity contribution in [3.05, 3.63) is 34.9 Å². The predicted octanol–water partition coefficient (Wildman–Crippen LogP) is 3.23. The quantitative estimate of drug-likeness (QED) is 0.531. The summed E-state index contributed by atoms with van der Waals surface area (Å²) in [7, 11) is 0. The lowest BCUT2D eigenvalue weighted by atomic mass is 9.78. The molecule has 3 aliphatic heterocycles. The van der Waals surface area contributed by atoms with E-state index in [0.29, 0.717) is 24.6 Å². The van der Waals surface area contributed by atoms with Gasteiger partial charge in [-0.25, -0.2) is 0 Å². The number of rotatable bonds is 9. The Balaban J connectivity index is 1.49. The van der Waals surface area contributed by atoms with E-state index in [1.807, 2.05) is 19.1 Å². The van der Waals surface area contributed by atoms with Crippen LogP contribution in [0.3, 0.4) is 0 Å². The molecule has 3 heterocycles. The third-order valence-corrected chi connectivity index (χ3v) is 9.21. The number of ether oxygens (including phenoxy) is 2. The zero-order valence-corrected chi connectivity index (χ0v) is 22.9. The van der Waals surface area contributed by atoms with Crippen LogP contribution < -0.4 is 5.73 Å². The van der Waals surface area contributed by atoms with E-state index in [0.717, 1.165) is 70.1 Å². The van der Waals surface area contributed by atoms with Gasteiger partial charge in [0.2, 0.25) is 11.8 Å². The van der Waals surface area contributed by atoms with E-state index >= 15 is 0 Å². The summed E-state index contributed by atoms with van der Waals surface area (Å²) in [6, 6.07) is 5.35. The molecule has 0 radical (unpaired) electrons. The summed E-state index contributed by atoms with van der Waals surface area (Å²) in [5, 5.41) is 0. The number of carbonyl (C=O) groups is 3. The van der Waals surface area contributed by atoms with Crippen molar-refractivity contribution in [2.75, 3.05) is 39.4 Å². The van der Waals surface area contributed by atoms with Crippen molar-refractivity contribution in [2.45, 2.75) is 88.9 Å². The number of hydrogen-bond acceptors (Lipinski definition) is 6. The Morgan fingerprint density at radius 1 is 1.13 bits per heavy atom. The minimum Gasteiger partial charge on any atom is -0.374 e. The Morgan fingerprint density at radius 3 is 2.53 bits per heavy atom. The highest BCUT2D eigenvalue weighted by atomic mass is 16.6.